The lowest BCUT2D eigenvalue weighted by Crippen LogP contribution is -2.40. The third kappa shape index (κ3) is 3.66. The summed E-state index contributed by atoms with van der Waals surface area (Å²) >= 11 is 0. The van der Waals surface area contributed by atoms with Gasteiger partial charge >= 0.3 is 5.97 Å². The van der Waals surface area contributed by atoms with Crippen molar-refractivity contribution >= 4 is 5.97 Å². The molecule has 0 aliphatic carbocycles. The number of aryl methyl sites for hydroxylation is 1. The first-order valence-electron chi connectivity index (χ1n) is 5.52. The number of aliphatic carboxylic acids is 1. The number of hydrogen-bond donors (Lipinski definition) is 2. The number of benzene rings is 1. The highest BCUT2D eigenvalue weighted by atomic mass is 16.4. The van der Waals surface area contributed by atoms with Gasteiger partial charge in [0, 0.05) is 6.54 Å². The van der Waals surface area contributed by atoms with Crippen LogP contribution in [0.1, 0.15) is 25.0 Å². The fraction of sp³-hybridized carbons (Fsp3) is 0.462. The molecule has 0 heterocycles. The molecule has 0 aliphatic rings. The van der Waals surface area contributed by atoms with Crippen LogP contribution in [-0.4, -0.2) is 17.1 Å². The van der Waals surface area contributed by atoms with Crippen LogP contribution in [0.15, 0.2) is 24.3 Å². The predicted molar refractivity (Wildman–Crippen MR) is 64.3 cm³/mol. The quantitative estimate of drug-likeness (QED) is 0.801. The maximum atomic E-state index is 11.0. The molecule has 0 radical (unpaired) electrons. The van der Waals surface area contributed by atoms with Crippen molar-refractivity contribution in [2.24, 2.45) is 5.92 Å². The summed E-state index contributed by atoms with van der Waals surface area (Å²) in [5, 5.41) is 12.1. The molecular formula is C13H19NO2. The average molecular weight is 221 g/mol. The number of nitrogens with one attached hydrogen (secondary N) is 1. The Morgan fingerprint density at radius 1 is 1.44 bits per heavy atom. The summed E-state index contributed by atoms with van der Waals surface area (Å²) in [4.78, 5) is 11.0. The molecule has 0 aliphatic heterocycles. The molecule has 0 saturated heterocycles. The molecule has 1 rings (SSSR count). The molecule has 0 fully saturated rings. The summed E-state index contributed by atoms with van der Waals surface area (Å²) in [6.45, 7) is 6.43. The van der Waals surface area contributed by atoms with E-state index in [2.05, 4.69) is 11.4 Å². The Labute approximate surface area is 96.5 Å². The van der Waals surface area contributed by atoms with Gasteiger partial charge in [-0.05, 0) is 18.4 Å². The first-order valence-corrected chi connectivity index (χ1v) is 5.52. The Morgan fingerprint density at radius 2 is 2.12 bits per heavy atom. The second-order valence-electron chi connectivity index (χ2n) is 4.43. The summed E-state index contributed by atoms with van der Waals surface area (Å²) in [5.74, 6) is -0.704. The first-order chi connectivity index (χ1) is 7.50. The summed E-state index contributed by atoms with van der Waals surface area (Å²) in [7, 11) is 0. The van der Waals surface area contributed by atoms with Gasteiger partial charge in [0.25, 0.3) is 0 Å². The van der Waals surface area contributed by atoms with E-state index in [4.69, 9.17) is 5.11 Å². The largest absolute Gasteiger partial charge is 0.480 e. The van der Waals surface area contributed by atoms with Gasteiger partial charge in [0.2, 0.25) is 0 Å². The molecule has 16 heavy (non-hydrogen) atoms. The van der Waals surface area contributed by atoms with Crippen molar-refractivity contribution in [1.29, 1.82) is 0 Å². The summed E-state index contributed by atoms with van der Waals surface area (Å²) < 4.78 is 0. The lowest BCUT2D eigenvalue weighted by Gasteiger charge is -2.18. The molecule has 1 atom stereocenters. The first kappa shape index (κ1) is 12.7. The highest BCUT2D eigenvalue weighted by Crippen LogP contribution is 2.06. The van der Waals surface area contributed by atoms with Gasteiger partial charge in [0.05, 0.1) is 0 Å². The standard InChI is InChI=1S/C13H19NO2/c1-9(2)12(13(15)16)14-8-11-6-4-5-10(3)7-11/h4-7,9,12,14H,8H2,1-3H3,(H,15,16)/t12-/m1/s1. The van der Waals surface area contributed by atoms with Gasteiger partial charge < -0.3 is 10.4 Å². The highest BCUT2D eigenvalue weighted by molar-refractivity contribution is 5.73. The monoisotopic (exact) mass is 221 g/mol. The van der Waals surface area contributed by atoms with Gasteiger partial charge in [0.15, 0.2) is 0 Å². The number of carboxylic acid groups (broad SMARTS) is 1. The minimum absolute atomic E-state index is 0.0855. The second kappa shape index (κ2) is 5.66. The van der Waals surface area contributed by atoms with Crippen LogP contribution in [0.5, 0.6) is 0 Å². The predicted octanol–water partition coefficient (Wildman–Crippen LogP) is 2.19. The summed E-state index contributed by atoms with van der Waals surface area (Å²) in [6.07, 6.45) is 0. The van der Waals surface area contributed by atoms with Crippen LogP contribution in [-0.2, 0) is 11.3 Å². The zero-order chi connectivity index (χ0) is 12.1. The highest BCUT2D eigenvalue weighted by Gasteiger charge is 2.20. The molecular weight excluding hydrogens is 202 g/mol. The molecule has 0 saturated carbocycles. The molecule has 88 valence electrons. The van der Waals surface area contributed by atoms with E-state index in [-0.39, 0.29) is 5.92 Å². The van der Waals surface area contributed by atoms with E-state index in [0.717, 1.165) is 5.56 Å². The van der Waals surface area contributed by atoms with Gasteiger partial charge in [-0.2, -0.15) is 0 Å². The lowest BCUT2D eigenvalue weighted by molar-refractivity contribution is -0.140. The average Bonchev–Trinajstić information content (AvgIpc) is 2.16. The molecule has 2 N–H and O–H groups in total. The van der Waals surface area contributed by atoms with Crippen LogP contribution in [0.2, 0.25) is 0 Å². The minimum atomic E-state index is -0.789. The van der Waals surface area contributed by atoms with Gasteiger partial charge in [-0.25, -0.2) is 0 Å². The van der Waals surface area contributed by atoms with E-state index in [1.165, 1.54) is 5.56 Å². The molecule has 0 spiro atoms. The summed E-state index contributed by atoms with van der Waals surface area (Å²) in [6, 6.07) is 7.59. The molecule has 0 aromatic heterocycles. The van der Waals surface area contributed by atoms with Gasteiger partial charge in [-0.15, -0.1) is 0 Å². The van der Waals surface area contributed by atoms with E-state index in [9.17, 15) is 4.79 Å². The van der Waals surface area contributed by atoms with Crippen molar-refractivity contribution in [2.75, 3.05) is 0 Å². The number of hydrogen-bond acceptors (Lipinski definition) is 2. The number of carbonyl (C=O) groups is 1. The maximum Gasteiger partial charge on any atom is 0.320 e. The smallest absolute Gasteiger partial charge is 0.320 e. The number of carboxylic acids is 1. The van der Waals surface area contributed by atoms with Gasteiger partial charge in [-0.3, -0.25) is 4.79 Å². The van der Waals surface area contributed by atoms with Crippen LogP contribution < -0.4 is 5.32 Å². The Balaban J connectivity index is 2.59. The minimum Gasteiger partial charge on any atom is -0.480 e. The van der Waals surface area contributed by atoms with Crippen molar-refractivity contribution in [1.82, 2.24) is 5.32 Å². The number of rotatable bonds is 5. The Kier molecular flexibility index (Phi) is 4.50. The van der Waals surface area contributed by atoms with Crippen LogP contribution in [0.3, 0.4) is 0 Å². The normalized spacial score (nSPS) is 12.8. The van der Waals surface area contributed by atoms with E-state index in [1.807, 2.05) is 39.0 Å². The van der Waals surface area contributed by atoms with Crippen molar-refractivity contribution in [3.8, 4) is 0 Å². The lowest BCUT2D eigenvalue weighted by atomic mass is 10.0. The zero-order valence-corrected chi connectivity index (χ0v) is 10.0. The molecule has 0 bridgehead atoms. The van der Waals surface area contributed by atoms with Crippen molar-refractivity contribution in [2.45, 2.75) is 33.4 Å². The third-order valence-electron chi connectivity index (χ3n) is 2.54. The van der Waals surface area contributed by atoms with Gasteiger partial charge in [0.1, 0.15) is 6.04 Å². The van der Waals surface area contributed by atoms with E-state index < -0.39 is 12.0 Å². The Hall–Kier alpha value is -1.35. The van der Waals surface area contributed by atoms with Gasteiger partial charge in [-0.1, -0.05) is 43.7 Å². The van der Waals surface area contributed by atoms with Crippen LogP contribution in [0.4, 0.5) is 0 Å². The Morgan fingerprint density at radius 3 is 2.62 bits per heavy atom. The van der Waals surface area contributed by atoms with Crippen molar-refractivity contribution < 1.29 is 9.90 Å². The topological polar surface area (TPSA) is 49.3 Å². The van der Waals surface area contributed by atoms with E-state index in [0.29, 0.717) is 6.54 Å². The molecule has 1 aromatic rings. The fourth-order valence-electron chi connectivity index (χ4n) is 1.66. The summed E-state index contributed by atoms with van der Waals surface area (Å²) in [5.41, 5.74) is 2.31. The molecule has 1 aromatic carbocycles. The van der Waals surface area contributed by atoms with Crippen LogP contribution in [0, 0.1) is 12.8 Å². The molecule has 0 unspecified atom stereocenters. The van der Waals surface area contributed by atoms with E-state index >= 15 is 0 Å². The molecule has 0 amide bonds. The molecule has 3 nitrogen and oxygen atoms in total. The fourth-order valence-corrected chi connectivity index (χ4v) is 1.66. The Bertz CT molecular complexity index is 361. The van der Waals surface area contributed by atoms with E-state index in [1.54, 1.807) is 0 Å². The zero-order valence-electron chi connectivity index (χ0n) is 10.0. The van der Waals surface area contributed by atoms with Crippen LogP contribution in [0.25, 0.3) is 0 Å². The van der Waals surface area contributed by atoms with Crippen molar-refractivity contribution in [3.63, 3.8) is 0 Å². The van der Waals surface area contributed by atoms with Crippen molar-refractivity contribution in [3.05, 3.63) is 35.4 Å². The second-order valence-corrected chi connectivity index (χ2v) is 4.43. The molecule has 3 heteroatoms. The van der Waals surface area contributed by atoms with Crippen LogP contribution >= 0.6 is 0 Å². The SMILES string of the molecule is Cc1cccc(CN[C@@H](C(=O)O)C(C)C)c1. The maximum absolute atomic E-state index is 11.0. The third-order valence-corrected chi connectivity index (χ3v) is 2.54.